The van der Waals surface area contributed by atoms with Crippen LogP contribution >= 0.6 is 0 Å². The Balaban J connectivity index is 3.51. The number of H-pyrrole nitrogens is 1. The molecule has 0 spiro atoms. The number of carboxylic acids is 1. The zero-order chi connectivity index (χ0) is 13.2. The number of nitrogens with one attached hydrogen (secondary N) is 1. The fourth-order valence-corrected chi connectivity index (χ4v) is 1.50. The standard InChI is InChI=1S/C10H11N3O4/c1-5(2)7(9(15)16)13-4-6(3-11)8(14)12-10(13)17/h4-5,7H,1-2H3,(H,15,16)(H,12,14,17)/t7-/m0/s1. The van der Waals surface area contributed by atoms with Gasteiger partial charge in [0, 0.05) is 6.20 Å². The van der Waals surface area contributed by atoms with Gasteiger partial charge in [-0.3, -0.25) is 14.3 Å². The van der Waals surface area contributed by atoms with Gasteiger partial charge in [-0.25, -0.2) is 9.59 Å². The molecule has 0 aliphatic rings. The summed E-state index contributed by atoms with van der Waals surface area (Å²) in [5, 5.41) is 17.7. The number of rotatable bonds is 3. The summed E-state index contributed by atoms with van der Waals surface area (Å²) >= 11 is 0. The molecule has 1 heterocycles. The first-order valence-corrected chi connectivity index (χ1v) is 4.86. The summed E-state index contributed by atoms with van der Waals surface area (Å²) in [5.41, 5.74) is -1.95. The Kier molecular flexibility index (Phi) is 3.48. The lowest BCUT2D eigenvalue weighted by Crippen LogP contribution is -2.38. The van der Waals surface area contributed by atoms with Gasteiger partial charge in [-0.05, 0) is 5.92 Å². The van der Waals surface area contributed by atoms with Crippen LogP contribution in [-0.4, -0.2) is 20.6 Å². The van der Waals surface area contributed by atoms with E-state index in [1.165, 1.54) is 0 Å². The van der Waals surface area contributed by atoms with Crippen molar-refractivity contribution < 1.29 is 9.90 Å². The Morgan fingerprint density at radius 3 is 2.53 bits per heavy atom. The molecule has 17 heavy (non-hydrogen) atoms. The van der Waals surface area contributed by atoms with E-state index in [0.717, 1.165) is 10.8 Å². The molecule has 0 aliphatic heterocycles. The molecule has 7 heteroatoms. The second-order valence-corrected chi connectivity index (χ2v) is 3.85. The van der Waals surface area contributed by atoms with Crippen LogP contribution in [0.15, 0.2) is 15.8 Å². The molecule has 0 amide bonds. The van der Waals surface area contributed by atoms with Crippen molar-refractivity contribution in [2.24, 2.45) is 5.92 Å². The number of aromatic amines is 1. The lowest BCUT2D eigenvalue weighted by molar-refractivity contribution is -0.142. The van der Waals surface area contributed by atoms with Crippen LogP contribution in [0.4, 0.5) is 0 Å². The average Bonchev–Trinajstić information content (AvgIpc) is 2.20. The van der Waals surface area contributed by atoms with Crippen molar-refractivity contribution in [3.8, 4) is 6.07 Å². The zero-order valence-electron chi connectivity index (χ0n) is 9.30. The van der Waals surface area contributed by atoms with Crippen LogP contribution in [0.5, 0.6) is 0 Å². The van der Waals surface area contributed by atoms with Crippen LogP contribution in [0.1, 0.15) is 25.5 Å². The summed E-state index contributed by atoms with van der Waals surface area (Å²) in [5.74, 6) is -1.55. The minimum absolute atomic E-state index is 0.295. The van der Waals surface area contributed by atoms with Gasteiger partial charge >= 0.3 is 11.7 Å². The molecule has 0 saturated carbocycles. The van der Waals surface area contributed by atoms with E-state index in [-0.39, 0.29) is 11.5 Å². The number of aliphatic carboxylic acids is 1. The molecule has 90 valence electrons. The van der Waals surface area contributed by atoms with Gasteiger partial charge in [0.25, 0.3) is 5.56 Å². The van der Waals surface area contributed by atoms with Crippen LogP contribution in [0.2, 0.25) is 0 Å². The van der Waals surface area contributed by atoms with Crippen LogP contribution in [0.3, 0.4) is 0 Å². The second kappa shape index (κ2) is 4.65. The molecule has 7 nitrogen and oxygen atoms in total. The van der Waals surface area contributed by atoms with Crippen molar-refractivity contribution in [2.45, 2.75) is 19.9 Å². The molecule has 1 aromatic rings. The molecular weight excluding hydrogens is 226 g/mol. The summed E-state index contributed by atoms with van der Waals surface area (Å²) in [7, 11) is 0. The molecule has 1 atom stereocenters. The summed E-state index contributed by atoms with van der Waals surface area (Å²) in [6.45, 7) is 3.25. The zero-order valence-corrected chi connectivity index (χ0v) is 9.30. The summed E-state index contributed by atoms with van der Waals surface area (Å²) in [6, 6.07) is 0.480. The highest BCUT2D eigenvalue weighted by atomic mass is 16.4. The Bertz CT molecular complexity index is 591. The number of nitriles is 1. The Hall–Kier alpha value is -2.36. The summed E-state index contributed by atoms with van der Waals surface area (Å²) in [4.78, 5) is 35.6. The molecule has 0 aromatic carbocycles. The van der Waals surface area contributed by atoms with Crippen LogP contribution in [-0.2, 0) is 4.79 Å². The lowest BCUT2D eigenvalue weighted by atomic mass is 10.0. The molecular formula is C10H11N3O4. The van der Waals surface area contributed by atoms with Crippen molar-refractivity contribution >= 4 is 5.97 Å². The normalized spacial score (nSPS) is 12.1. The largest absolute Gasteiger partial charge is 0.480 e. The highest BCUT2D eigenvalue weighted by Crippen LogP contribution is 2.15. The first-order valence-electron chi connectivity index (χ1n) is 4.86. The maximum atomic E-state index is 11.5. The predicted molar refractivity (Wildman–Crippen MR) is 57.5 cm³/mol. The van der Waals surface area contributed by atoms with E-state index in [2.05, 4.69) is 0 Å². The van der Waals surface area contributed by atoms with Gasteiger partial charge in [-0.15, -0.1) is 0 Å². The minimum atomic E-state index is -1.20. The number of carbonyl (C=O) groups is 1. The van der Waals surface area contributed by atoms with Gasteiger partial charge in [-0.1, -0.05) is 13.8 Å². The molecule has 0 fully saturated rings. The van der Waals surface area contributed by atoms with Crippen molar-refractivity contribution in [3.05, 3.63) is 32.6 Å². The maximum Gasteiger partial charge on any atom is 0.329 e. The minimum Gasteiger partial charge on any atom is -0.480 e. The van der Waals surface area contributed by atoms with Crippen molar-refractivity contribution in [1.82, 2.24) is 9.55 Å². The number of hydrogen-bond donors (Lipinski definition) is 2. The smallest absolute Gasteiger partial charge is 0.329 e. The van der Waals surface area contributed by atoms with E-state index in [1.54, 1.807) is 19.9 Å². The maximum absolute atomic E-state index is 11.5. The summed E-state index contributed by atoms with van der Waals surface area (Å²) < 4.78 is 0.854. The van der Waals surface area contributed by atoms with Crippen molar-refractivity contribution in [1.29, 1.82) is 5.26 Å². The monoisotopic (exact) mass is 237 g/mol. The molecule has 0 aliphatic carbocycles. The predicted octanol–water partition coefficient (Wildman–Crippen LogP) is -0.310. The highest BCUT2D eigenvalue weighted by Gasteiger charge is 2.25. The van der Waals surface area contributed by atoms with E-state index in [0.29, 0.717) is 0 Å². The number of nitrogens with zero attached hydrogens (tertiary/aromatic N) is 2. The van der Waals surface area contributed by atoms with Gasteiger partial charge in [0.05, 0.1) is 0 Å². The molecule has 0 radical (unpaired) electrons. The van der Waals surface area contributed by atoms with E-state index < -0.39 is 23.3 Å². The van der Waals surface area contributed by atoms with E-state index in [1.807, 2.05) is 4.98 Å². The number of carboxylic acid groups (broad SMARTS) is 1. The lowest BCUT2D eigenvalue weighted by Gasteiger charge is -2.18. The van der Waals surface area contributed by atoms with Gasteiger partial charge in [0.2, 0.25) is 0 Å². The molecule has 0 unspecified atom stereocenters. The van der Waals surface area contributed by atoms with Crippen molar-refractivity contribution in [3.63, 3.8) is 0 Å². The first kappa shape index (κ1) is 12.7. The van der Waals surface area contributed by atoms with Gasteiger partial charge in [0.15, 0.2) is 0 Å². The quantitative estimate of drug-likeness (QED) is 0.747. The third kappa shape index (κ3) is 2.42. The van der Waals surface area contributed by atoms with E-state index in [4.69, 9.17) is 10.4 Å². The van der Waals surface area contributed by atoms with Crippen LogP contribution < -0.4 is 11.2 Å². The van der Waals surface area contributed by atoms with E-state index in [9.17, 15) is 14.4 Å². The third-order valence-corrected chi connectivity index (χ3v) is 2.27. The average molecular weight is 237 g/mol. The van der Waals surface area contributed by atoms with Gasteiger partial charge in [0.1, 0.15) is 17.7 Å². The highest BCUT2D eigenvalue weighted by molar-refractivity contribution is 5.72. The van der Waals surface area contributed by atoms with E-state index >= 15 is 0 Å². The SMILES string of the molecule is CC(C)[C@@H](C(=O)O)n1cc(C#N)c(=O)[nH]c1=O. The van der Waals surface area contributed by atoms with Gasteiger partial charge < -0.3 is 5.11 Å². The number of aromatic nitrogens is 2. The Morgan fingerprint density at radius 2 is 2.12 bits per heavy atom. The second-order valence-electron chi connectivity index (χ2n) is 3.85. The Morgan fingerprint density at radius 1 is 1.53 bits per heavy atom. The molecule has 2 N–H and O–H groups in total. The molecule has 0 bridgehead atoms. The van der Waals surface area contributed by atoms with Crippen LogP contribution in [0.25, 0.3) is 0 Å². The number of hydrogen-bond acceptors (Lipinski definition) is 4. The molecule has 1 aromatic heterocycles. The Labute approximate surface area is 95.9 Å². The van der Waals surface area contributed by atoms with Gasteiger partial charge in [-0.2, -0.15) is 5.26 Å². The molecule has 0 saturated heterocycles. The van der Waals surface area contributed by atoms with Crippen LogP contribution in [0, 0.1) is 17.2 Å². The topological polar surface area (TPSA) is 116 Å². The fraction of sp³-hybridized carbons (Fsp3) is 0.400. The molecule has 1 rings (SSSR count). The summed E-state index contributed by atoms with van der Waals surface area (Å²) in [6.07, 6.45) is 0.972. The van der Waals surface area contributed by atoms with Crippen molar-refractivity contribution in [2.75, 3.05) is 0 Å². The first-order chi connectivity index (χ1) is 7.88. The third-order valence-electron chi connectivity index (χ3n) is 2.27. The fourth-order valence-electron chi connectivity index (χ4n) is 1.50.